The monoisotopic (exact) mass is 173 g/mol. The highest BCUT2D eigenvalue weighted by Gasteiger charge is 2.19. The molecular formula is C8H15NO3. The lowest BCUT2D eigenvalue weighted by atomic mass is 10.3. The van der Waals surface area contributed by atoms with E-state index in [0.717, 1.165) is 6.42 Å². The smallest absolute Gasteiger partial charge is 0.407 e. The number of hydrogen-bond acceptors (Lipinski definition) is 3. The highest BCUT2D eigenvalue weighted by molar-refractivity contribution is 5.67. The summed E-state index contributed by atoms with van der Waals surface area (Å²) in [5.41, 5.74) is 0. The molecule has 1 aliphatic rings. The van der Waals surface area contributed by atoms with Crippen LogP contribution in [0, 0.1) is 0 Å². The number of ether oxygens (including phenoxy) is 2. The lowest BCUT2D eigenvalue weighted by molar-refractivity contribution is 0.0817. The predicted octanol–water partition coefficient (Wildman–Crippen LogP) is 0.910. The van der Waals surface area contributed by atoms with Crippen LogP contribution in [0.25, 0.3) is 0 Å². The first-order valence-corrected chi connectivity index (χ1v) is 4.23. The van der Waals surface area contributed by atoms with E-state index in [1.165, 1.54) is 0 Å². The highest BCUT2D eigenvalue weighted by atomic mass is 16.6. The van der Waals surface area contributed by atoms with Crippen molar-refractivity contribution in [3.05, 3.63) is 0 Å². The van der Waals surface area contributed by atoms with Gasteiger partial charge in [-0.1, -0.05) is 0 Å². The maximum Gasteiger partial charge on any atom is 0.407 e. The van der Waals surface area contributed by atoms with Crippen LogP contribution < -0.4 is 5.32 Å². The molecular weight excluding hydrogens is 158 g/mol. The van der Waals surface area contributed by atoms with Gasteiger partial charge in [0, 0.05) is 12.5 Å². The maximum atomic E-state index is 11.0. The van der Waals surface area contributed by atoms with E-state index in [1.807, 2.05) is 13.8 Å². The molecule has 0 saturated carbocycles. The first kappa shape index (κ1) is 9.32. The van der Waals surface area contributed by atoms with E-state index < -0.39 is 0 Å². The standard InChI is InChI=1S/C8H15NO3/c1-6(2)9-8(10)12-7-3-4-11-5-7/h6-7H,3-5H2,1-2H3,(H,9,10). The summed E-state index contributed by atoms with van der Waals surface area (Å²) in [6.07, 6.45) is 0.412. The highest BCUT2D eigenvalue weighted by Crippen LogP contribution is 2.07. The average Bonchev–Trinajstić information content (AvgIpc) is 2.37. The predicted molar refractivity (Wildman–Crippen MR) is 44.0 cm³/mol. The molecule has 0 bridgehead atoms. The number of alkyl carbamates (subject to hydrolysis) is 1. The Morgan fingerprint density at radius 3 is 2.92 bits per heavy atom. The van der Waals surface area contributed by atoms with Crippen molar-refractivity contribution < 1.29 is 14.3 Å². The van der Waals surface area contributed by atoms with Gasteiger partial charge in [-0.15, -0.1) is 0 Å². The van der Waals surface area contributed by atoms with E-state index in [1.54, 1.807) is 0 Å². The zero-order valence-electron chi connectivity index (χ0n) is 7.50. The van der Waals surface area contributed by atoms with Gasteiger partial charge in [-0.2, -0.15) is 0 Å². The van der Waals surface area contributed by atoms with E-state index in [2.05, 4.69) is 5.32 Å². The summed E-state index contributed by atoms with van der Waals surface area (Å²) < 4.78 is 10.1. The molecule has 1 aliphatic heterocycles. The van der Waals surface area contributed by atoms with Crippen LogP contribution in [0.4, 0.5) is 4.79 Å². The Bertz CT molecular complexity index is 152. The number of nitrogens with one attached hydrogen (secondary N) is 1. The molecule has 1 heterocycles. The Morgan fingerprint density at radius 2 is 2.42 bits per heavy atom. The van der Waals surface area contributed by atoms with Crippen LogP contribution >= 0.6 is 0 Å². The second-order valence-corrected chi connectivity index (χ2v) is 3.19. The second kappa shape index (κ2) is 4.30. The van der Waals surface area contributed by atoms with E-state index >= 15 is 0 Å². The van der Waals surface area contributed by atoms with E-state index in [4.69, 9.17) is 9.47 Å². The Morgan fingerprint density at radius 1 is 1.67 bits per heavy atom. The van der Waals surface area contributed by atoms with Crippen LogP contribution in [0.3, 0.4) is 0 Å². The molecule has 1 atom stereocenters. The Hall–Kier alpha value is -0.770. The third-order valence-corrected chi connectivity index (χ3v) is 1.57. The molecule has 4 nitrogen and oxygen atoms in total. The molecule has 1 saturated heterocycles. The molecule has 0 aromatic heterocycles. The van der Waals surface area contributed by atoms with Gasteiger partial charge in [0.15, 0.2) is 0 Å². The molecule has 0 radical (unpaired) electrons. The summed E-state index contributed by atoms with van der Waals surface area (Å²) in [4.78, 5) is 11.0. The van der Waals surface area contributed by atoms with E-state index in [9.17, 15) is 4.79 Å². The van der Waals surface area contributed by atoms with Crippen LogP contribution in [0.1, 0.15) is 20.3 Å². The summed E-state index contributed by atoms with van der Waals surface area (Å²) in [5.74, 6) is 0. The van der Waals surface area contributed by atoms with Crippen LogP contribution in [-0.4, -0.2) is 31.5 Å². The molecule has 4 heteroatoms. The van der Waals surface area contributed by atoms with Gasteiger partial charge in [0.25, 0.3) is 0 Å². The van der Waals surface area contributed by atoms with Crippen LogP contribution in [0.15, 0.2) is 0 Å². The van der Waals surface area contributed by atoms with Crippen molar-refractivity contribution >= 4 is 6.09 Å². The Labute approximate surface area is 72.2 Å². The van der Waals surface area contributed by atoms with Crippen molar-refractivity contribution in [3.8, 4) is 0 Å². The van der Waals surface area contributed by atoms with Crippen molar-refractivity contribution in [1.29, 1.82) is 0 Å². The molecule has 1 rings (SSSR count). The van der Waals surface area contributed by atoms with Gasteiger partial charge >= 0.3 is 6.09 Å². The quantitative estimate of drug-likeness (QED) is 0.675. The lowest BCUT2D eigenvalue weighted by Gasteiger charge is -2.12. The second-order valence-electron chi connectivity index (χ2n) is 3.19. The van der Waals surface area contributed by atoms with Crippen molar-refractivity contribution in [2.45, 2.75) is 32.4 Å². The zero-order chi connectivity index (χ0) is 8.97. The number of carbonyl (C=O) groups is 1. The summed E-state index contributed by atoms with van der Waals surface area (Å²) >= 11 is 0. The molecule has 1 amide bonds. The van der Waals surface area contributed by atoms with Gasteiger partial charge in [-0.05, 0) is 13.8 Å². The number of hydrogen-bond donors (Lipinski definition) is 1. The molecule has 70 valence electrons. The SMILES string of the molecule is CC(C)NC(=O)OC1CCOC1. The van der Waals surface area contributed by atoms with Crippen molar-refractivity contribution in [2.24, 2.45) is 0 Å². The van der Waals surface area contributed by atoms with E-state index in [-0.39, 0.29) is 18.2 Å². The zero-order valence-corrected chi connectivity index (χ0v) is 7.50. The van der Waals surface area contributed by atoms with Gasteiger partial charge in [-0.25, -0.2) is 4.79 Å². The third-order valence-electron chi connectivity index (χ3n) is 1.57. The van der Waals surface area contributed by atoms with Crippen LogP contribution in [0.5, 0.6) is 0 Å². The van der Waals surface area contributed by atoms with E-state index in [0.29, 0.717) is 13.2 Å². The largest absolute Gasteiger partial charge is 0.444 e. The van der Waals surface area contributed by atoms with Gasteiger partial charge < -0.3 is 14.8 Å². The van der Waals surface area contributed by atoms with Crippen molar-refractivity contribution in [2.75, 3.05) is 13.2 Å². The fraction of sp³-hybridized carbons (Fsp3) is 0.875. The number of amides is 1. The Kier molecular flexibility index (Phi) is 3.34. The third kappa shape index (κ3) is 3.09. The molecule has 0 spiro atoms. The van der Waals surface area contributed by atoms with Gasteiger partial charge in [-0.3, -0.25) is 0 Å². The maximum absolute atomic E-state index is 11.0. The summed E-state index contributed by atoms with van der Waals surface area (Å²) in [5, 5.41) is 2.65. The van der Waals surface area contributed by atoms with Crippen LogP contribution in [-0.2, 0) is 9.47 Å². The van der Waals surface area contributed by atoms with Gasteiger partial charge in [0.05, 0.1) is 13.2 Å². The minimum atomic E-state index is -0.347. The minimum Gasteiger partial charge on any atom is -0.444 e. The fourth-order valence-electron chi connectivity index (χ4n) is 1.03. The Balaban J connectivity index is 2.16. The van der Waals surface area contributed by atoms with Gasteiger partial charge in [0.2, 0.25) is 0 Å². The molecule has 1 fully saturated rings. The molecule has 1 unspecified atom stereocenters. The summed E-state index contributed by atoms with van der Waals surface area (Å²) in [7, 11) is 0. The summed E-state index contributed by atoms with van der Waals surface area (Å²) in [6.45, 7) is 5.02. The molecule has 0 aliphatic carbocycles. The van der Waals surface area contributed by atoms with Gasteiger partial charge in [0.1, 0.15) is 6.10 Å². The number of rotatable bonds is 2. The minimum absolute atomic E-state index is 0.0521. The molecule has 1 N–H and O–H groups in total. The molecule has 0 aromatic rings. The topological polar surface area (TPSA) is 47.6 Å². The average molecular weight is 173 g/mol. The fourth-order valence-corrected chi connectivity index (χ4v) is 1.03. The lowest BCUT2D eigenvalue weighted by Crippen LogP contribution is -2.33. The first-order valence-electron chi connectivity index (χ1n) is 4.23. The normalized spacial score (nSPS) is 22.8. The first-order chi connectivity index (χ1) is 5.68. The van der Waals surface area contributed by atoms with Crippen molar-refractivity contribution in [1.82, 2.24) is 5.32 Å². The van der Waals surface area contributed by atoms with Crippen molar-refractivity contribution in [3.63, 3.8) is 0 Å². The molecule has 12 heavy (non-hydrogen) atoms. The molecule has 0 aromatic carbocycles. The number of carbonyl (C=O) groups excluding carboxylic acids is 1. The van der Waals surface area contributed by atoms with Crippen LogP contribution in [0.2, 0.25) is 0 Å². The summed E-state index contributed by atoms with van der Waals surface area (Å²) in [6, 6.07) is 0.125.